The molecule has 2 heterocycles. The van der Waals surface area contributed by atoms with Crippen LogP contribution in [0.1, 0.15) is 29.4 Å². The van der Waals surface area contributed by atoms with Crippen molar-refractivity contribution >= 4 is 11.6 Å². The third-order valence-electron chi connectivity index (χ3n) is 3.76. The average Bonchev–Trinajstić information content (AvgIpc) is 2.78. The van der Waals surface area contributed by atoms with Gasteiger partial charge in [0.05, 0.1) is 23.9 Å². The van der Waals surface area contributed by atoms with E-state index in [9.17, 15) is 9.90 Å². The van der Waals surface area contributed by atoms with E-state index < -0.39 is 0 Å². The van der Waals surface area contributed by atoms with Gasteiger partial charge in [-0.25, -0.2) is 0 Å². The number of pyridine rings is 1. The quantitative estimate of drug-likeness (QED) is 0.547. The topological polar surface area (TPSA) is 91.5 Å². The van der Waals surface area contributed by atoms with Crippen LogP contribution in [0.15, 0.2) is 12.3 Å². The van der Waals surface area contributed by atoms with Gasteiger partial charge in [0.2, 0.25) is 0 Å². The molecule has 0 aromatic carbocycles. The number of nitrogens with two attached hydrogens (primary N) is 1. The van der Waals surface area contributed by atoms with E-state index in [1.54, 1.807) is 11.0 Å². The predicted molar refractivity (Wildman–Crippen MR) is 72.5 cm³/mol. The molecule has 1 aromatic rings. The summed E-state index contributed by atoms with van der Waals surface area (Å²) in [6, 6.07) is 1.61. The fourth-order valence-corrected chi connectivity index (χ4v) is 2.54. The number of aryl methyl sites for hydroxylation is 1. The molecular formula is C13H20N4O2. The molecule has 0 saturated carbocycles. The first kappa shape index (κ1) is 13.8. The molecule has 0 bridgehead atoms. The summed E-state index contributed by atoms with van der Waals surface area (Å²) in [5.74, 6) is 5.62. The van der Waals surface area contributed by atoms with Crippen LogP contribution >= 0.6 is 0 Å². The number of hydrogen-bond acceptors (Lipinski definition) is 5. The van der Waals surface area contributed by atoms with Gasteiger partial charge in [-0.05, 0) is 25.3 Å². The second kappa shape index (κ2) is 5.54. The average molecular weight is 264 g/mol. The minimum absolute atomic E-state index is 0.0163. The monoisotopic (exact) mass is 264 g/mol. The number of nitrogen functional groups attached to an aromatic ring is 1. The van der Waals surface area contributed by atoms with Crippen molar-refractivity contribution in [1.29, 1.82) is 0 Å². The summed E-state index contributed by atoms with van der Waals surface area (Å²) < 4.78 is 0. The summed E-state index contributed by atoms with van der Waals surface area (Å²) in [4.78, 5) is 18.4. The number of anilines is 1. The minimum Gasteiger partial charge on any atom is -0.394 e. The van der Waals surface area contributed by atoms with Gasteiger partial charge in [-0.1, -0.05) is 6.92 Å². The normalized spacial score (nSPS) is 22.6. The van der Waals surface area contributed by atoms with Crippen molar-refractivity contribution in [2.75, 3.05) is 18.6 Å². The van der Waals surface area contributed by atoms with E-state index in [1.807, 2.05) is 13.8 Å². The Balaban J connectivity index is 2.29. The van der Waals surface area contributed by atoms with Crippen LogP contribution in [-0.2, 0) is 0 Å². The molecule has 19 heavy (non-hydrogen) atoms. The Morgan fingerprint density at radius 3 is 3.05 bits per heavy atom. The Hall–Kier alpha value is -1.66. The Labute approximate surface area is 112 Å². The summed E-state index contributed by atoms with van der Waals surface area (Å²) in [6.07, 6.45) is 2.44. The highest BCUT2D eigenvalue weighted by atomic mass is 16.3. The summed E-state index contributed by atoms with van der Waals surface area (Å²) >= 11 is 0. The minimum atomic E-state index is -0.135. The van der Waals surface area contributed by atoms with Crippen LogP contribution in [-0.4, -0.2) is 40.1 Å². The molecule has 0 aliphatic carbocycles. The molecule has 0 radical (unpaired) electrons. The molecule has 1 aromatic heterocycles. The molecule has 104 valence electrons. The second-order valence-electron chi connectivity index (χ2n) is 5.03. The Bertz CT molecular complexity index is 478. The van der Waals surface area contributed by atoms with Crippen LogP contribution in [0.3, 0.4) is 0 Å². The van der Waals surface area contributed by atoms with Crippen molar-refractivity contribution < 1.29 is 9.90 Å². The zero-order valence-corrected chi connectivity index (χ0v) is 11.3. The van der Waals surface area contributed by atoms with Crippen molar-refractivity contribution in [3.63, 3.8) is 0 Å². The summed E-state index contributed by atoms with van der Waals surface area (Å²) in [5, 5.41) is 9.42. The summed E-state index contributed by atoms with van der Waals surface area (Å²) in [6.45, 7) is 4.52. The van der Waals surface area contributed by atoms with Crippen molar-refractivity contribution in [1.82, 2.24) is 9.88 Å². The molecule has 6 nitrogen and oxygen atoms in total. The van der Waals surface area contributed by atoms with Gasteiger partial charge in [0, 0.05) is 18.4 Å². The van der Waals surface area contributed by atoms with Gasteiger partial charge < -0.3 is 15.4 Å². The lowest BCUT2D eigenvalue weighted by Crippen LogP contribution is -2.40. The van der Waals surface area contributed by atoms with Crippen molar-refractivity contribution in [3.05, 3.63) is 23.5 Å². The zero-order chi connectivity index (χ0) is 14.0. The van der Waals surface area contributed by atoms with Crippen molar-refractivity contribution in [2.24, 2.45) is 11.8 Å². The van der Waals surface area contributed by atoms with E-state index >= 15 is 0 Å². The Morgan fingerprint density at radius 2 is 2.42 bits per heavy atom. The van der Waals surface area contributed by atoms with E-state index in [0.29, 0.717) is 23.7 Å². The number of carbonyl (C=O) groups excluding carboxylic acids is 1. The SMILES string of the molecule is Cc1cc(NN)c(C(=O)N2CCC(C)C2CO)cn1. The maximum atomic E-state index is 12.5. The Kier molecular flexibility index (Phi) is 4.01. The predicted octanol–water partition coefficient (Wildman–Crippen LogP) is 0.519. The van der Waals surface area contributed by atoms with Crippen LogP contribution in [0.4, 0.5) is 5.69 Å². The van der Waals surface area contributed by atoms with E-state index in [4.69, 9.17) is 5.84 Å². The lowest BCUT2D eigenvalue weighted by Gasteiger charge is -2.26. The Morgan fingerprint density at radius 1 is 1.68 bits per heavy atom. The van der Waals surface area contributed by atoms with E-state index in [1.165, 1.54) is 6.20 Å². The fourth-order valence-electron chi connectivity index (χ4n) is 2.54. The molecule has 6 heteroatoms. The number of aliphatic hydroxyl groups excluding tert-OH is 1. The molecular weight excluding hydrogens is 244 g/mol. The van der Waals surface area contributed by atoms with Crippen molar-refractivity contribution in [2.45, 2.75) is 26.3 Å². The van der Waals surface area contributed by atoms with Crippen LogP contribution in [0.2, 0.25) is 0 Å². The number of nitrogens with one attached hydrogen (secondary N) is 1. The molecule has 2 unspecified atom stereocenters. The molecule has 2 rings (SSSR count). The van der Waals surface area contributed by atoms with Gasteiger partial charge in [0.1, 0.15) is 0 Å². The van der Waals surface area contributed by atoms with Crippen LogP contribution < -0.4 is 11.3 Å². The highest BCUT2D eigenvalue weighted by Crippen LogP contribution is 2.27. The second-order valence-corrected chi connectivity index (χ2v) is 5.03. The number of aliphatic hydroxyl groups is 1. The molecule has 1 saturated heterocycles. The van der Waals surface area contributed by atoms with Crippen molar-refractivity contribution in [3.8, 4) is 0 Å². The molecule has 1 aliphatic heterocycles. The molecule has 4 N–H and O–H groups in total. The largest absolute Gasteiger partial charge is 0.394 e. The number of rotatable bonds is 3. The first-order valence-corrected chi connectivity index (χ1v) is 6.43. The highest BCUT2D eigenvalue weighted by Gasteiger charge is 2.35. The molecule has 0 spiro atoms. The standard InChI is InChI=1S/C13H20N4O2/c1-8-3-4-17(12(8)7-18)13(19)10-6-15-9(2)5-11(10)16-14/h5-6,8,12,18H,3-4,7,14H2,1-2H3,(H,15,16). The number of likely N-dealkylation sites (tertiary alicyclic amines) is 1. The third-order valence-corrected chi connectivity index (χ3v) is 3.76. The number of hydrazine groups is 1. The zero-order valence-electron chi connectivity index (χ0n) is 11.3. The number of carbonyl (C=O) groups is 1. The van der Waals surface area contributed by atoms with E-state index in [2.05, 4.69) is 10.4 Å². The van der Waals surface area contributed by atoms with E-state index in [-0.39, 0.29) is 18.6 Å². The highest BCUT2D eigenvalue weighted by molar-refractivity contribution is 5.99. The van der Waals surface area contributed by atoms with Crippen LogP contribution in [0.5, 0.6) is 0 Å². The lowest BCUT2D eigenvalue weighted by atomic mass is 10.0. The van der Waals surface area contributed by atoms with Crippen LogP contribution in [0.25, 0.3) is 0 Å². The first-order valence-electron chi connectivity index (χ1n) is 6.43. The summed E-state index contributed by atoms with van der Waals surface area (Å²) in [5.41, 5.74) is 4.33. The molecule has 2 atom stereocenters. The maximum absolute atomic E-state index is 12.5. The third kappa shape index (κ3) is 2.54. The van der Waals surface area contributed by atoms with Gasteiger partial charge in [-0.15, -0.1) is 0 Å². The summed E-state index contributed by atoms with van der Waals surface area (Å²) in [7, 11) is 0. The molecule has 1 fully saturated rings. The number of amides is 1. The number of hydrogen-bond donors (Lipinski definition) is 3. The van der Waals surface area contributed by atoms with Gasteiger partial charge in [0.25, 0.3) is 5.91 Å². The number of aromatic nitrogens is 1. The smallest absolute Gasteiger partial charge is 0.257 e. The molecule has 1 aliphatic rings. The van der Waals surface area contributed by atoms with Gasteiger partial charge in [-0.3, -0.25) is 15.6 Å². The fraction of sp³-hybridized carbons (Fsp3) is 0.538. The number of nitrogens with zero attached hydrogens (tertiary/aromatic N) is 2. The van der Waals surface area contributed by atoms with Gasteiger partial charge >= 0.3 is 0 Å². The van der Waals surface area contributed by atoms with Gasteiger partial charge in [0.15, 0.2) is 0 Å². The lowest BCUT2D eigenvalue weighted by molar-refractivity contribution is 0.0648. The maximum Gasteiger partial charge on any atom is 0.257 e. The van der Waals surface area contributed by atoms with E-state index in [0.717, 1.165) is 12.1 Å². The van der Waals surface area contributed by atoms with Gasteiger partial charge in [-0.2, -0.15) is 0 Å². The molecule has 1 amide bonds. The first-order chi connectivity index (χ1) is 9.08. The van der Waals surface area contributed by atoms with Crippen LogP contribution in [0, 0.1) is 12.8 Å².